The standard InChI is InChI=1S/C14H19N5OS/c1-10-7-21-13(17-10)12-5-3-4-6-18(12)14(20)11(2)19-9-15-8-16-19/h7-9,11-12H,3-6H2,1-2H3/t11-,12+/m1/s1. The second-order valence-corrected chi connectivity index (χ2v) is 6.31. The molecule has 0 aromatic carbocycles. The van der Waals surface area contributed by atoms with Gasteiger partial charge in [-0.25, -0.2) is 14.6 Å². The second-order valence-electron chi connectivity index (χ2n) is 5.42. The molecule has 0 aliphatic carbocycles. The first-order valence-corrected chi connectivity index (χ1v) is 8.11. The number of piperidine rings is 1. The van der Waals surface area contributed by atoms with Gasteiger partial charge in [0.05, 0.1) is 6.04 Å². The maximum atomic E-state index is 12.8. The second kappa shape index (κ2) is 5.93. The zero-order chi connectivity index (χ0) is 14.8. The molecule has 1 aliphatic rings. The molecular weight excluding hydrogens is 286 g/mol. The van der Waals surface area contributed by atoms with E-state index in [9.17, 15) is 4.79 Å². The quantitative estimate of drug-likeness (QED) is 0.873. The van der Waals surface area contributed by atoms with E-state index in [1.54, 1.807) is 22.3 Å². The van der Waals surface area contributed by atoms with Crippen molar-refractivity contribution >= 4 is 17.2 Å². The van der Waals surface area contributed by atoms with Gasteiger partial charge >= 0.3 is 0 Å². The highest BCUT2D eigenvalue weighted by atomic mass is 32.1. The number of aromatic nitrogens is 4. The highest BCUT2D eigenvalue weighted by Gasteiger charge is 2.33. The molecule has 7 heteroatoms. The van der Waals surface area contributed by atoms with Gasteiger partial charge in [-0.3, -0.25) is 4.79 Å². The molecule has 0 radical (unpaired) electrons. The van der Waals surface area contributed by atoms with Crippen molar-refractivity contribution in [2.45, 2.75) is 45.2 Å². The van der Waals surface area contributed by atoms with E-state index in [-0.39, 0.29) is 18.0 Å². The molecule has 1 amide bonds. The molecule has 3 rings (SSSR count). The van der Waals surface area contributed by atoms with Crippen LogP contribution >= 0.6 is 11.3 Å². The third-order valence-electron chi connectivity index (χ3n) is 3.90. The van der Waals surface area contributed by atoms with Crippen LogP contribution in [0.2, 0.25) is 0 Å². The minimum absolute atomic E-state index is 0.0954. The fraction of sp³-hybridized carbons (Fsp3) is 0.571. The van der Waals surface area contributed by atoms with Crippen molar-refractivity contribution in [2.75, 3.05) is 6.54 Å². The molecule has 1 saturated heterocycles. The van der Waals surface area contributed by atoms with Crippen LogP contribution < -0.4 is 0 Å². The Balaban J connectivity index is 1.82. The fourth-order valence-electron chi connectivity index (χ4n) is 2.75. The molecule has 0 bridgehead atoms. The molecule has 21 heavy (non-hydrogen) atoms. The van der Waals surface area contributed by atoms with Crippen LogP contribution in [0.15, 0.2) is 18.0 Å². The van der Waals surface area contributed by atoms with Gasteiger partial charge in [-0.05, 0) is 33.1 Å². The molecule has 0 N–H and O–H groups in total. The number of hydrogen-bond donors (Lipinski definition) is 0. The van der Waals surface area contributed by atoms with E-state index in [1.807, 2.05) is 24.1 Å². The highest BCUT2D eigenvalue weighted by molar-refractivity contribution is 7.09. The largest absolute Gasteiger partial charge is 0.331 e. The average molecular weight is 305 g/mol. The lowest BCUT2D eigenvalue weighted by Gasteiger charge is -2.36. The molecule has 2 atom stereocenters. The highest BCUT2D eigenvalue weighted by Crippen LogP contribution is 2.34. The van der Waals surface area contributed by atoms with Crippen LogP contribution in [0.5, 0.6) is 0 Å². The molecule has 0 spiro atoms. The number of amides is 1. The van der Waals surface area contributed by atoms with Crippen LogP contribution in [0, 0.1) is 6.92 Å². The van der Waals surface area contributed by atoms with E-state index >= 15 is 0 Å². The van der Waals surface area contributed by atoms with Crippen LogP contribution in [0.1, 0.15) is 49.0 Å². The Morgan fingerprint density at radius 1 is 1.48 bits per heavy atom. The Morgan fingerprint density at radius 3 is 3.00 bits per heavy atom. The maximum absolute atomic E-state index is 12.8. The van der Waals surface area contributed by atoms with Gasteiger partial charge in [0.2, 0.25) is 5.91 Å². The van der Waals surface area contributed by atoms with Crippen LogP contribution in [-0.2, 0) is 4.79 Å². The van der Waals surface area contributed by atoms with E-state index in [1.165, 1.54) is 6.33 Å². The predicted octanol–water partition coefficient (Wildman–Crippen LogP) is 2.36. The van der Waals surface area contributed by atoms with E-state index < -0.39 is 0 Å². The number of thiazole rings is 1. The van der Waals surface area contributed by atoms with E-state index in [0.717, 1.165) is 36.5 Å². The van der Waals surface area contributed by atoms with Crippen molar-refractivity contribution < 1.29 is 4.79 Å². The Morgan fingerprint density at radius 2 is 2.33 bits per heavy atom. The topological polar surface area (TPSA) is 63.9 Å². The van der Waals surface area contributed by atoms with Crippen LogP contribution in [-0.4, -0.2) is 37.1 Å². The number of likely N-dealkylation sites (tertiary alicyclic amines) is 1. The fourth-order valence-corrected chi connectivity index (χ4v) is 3.69. The van der Waals surface area contributed by atoms with Gasteiger partial charge in [-0.1, -0.05) is 0 Å². The summed E-state index contributed by atoms with van der Waals surface area (Å²) in [5.74, 6) is 0.0954. The number of nitrogens with zero attached hydrogens (tertiary/aromatic N) is 5. The normalized spacial score (nSPS) is 20.5. The number of aryl methyl sites for hydroxylation is 1. The summed E-state index contributed by atoms with van der Waals surface area (Å²) >= 11 is 1.65. The maximum Gasteiger partial charge on any atom is 0.247 e. The summed E-state index contributed by atoms with van der Waals surface area (Å²) < 4.78 is 1.61. The minimum Gasteiger partial charge on any atom is -0.331 e. The molecular formula is C14H19N5OS. The number of hydrogen-bond acceptors (Lipinski definition) is 5. The first-order chi connectivity index (χ1) is 10.2. The first-order valence-electron chi connectivity index (χ1n) is 7.23. The Hall–Kier alpha value is -1.76. The summed E-state index contributed by atoms with van der Waals surface area (Å²) in [4.78, 5) is 23.3. The first kappa shape index (κ1) is 14.2. The number of carbonyl (C=O) groups is 1. The van der Waals surface area contributed by atoms with Gasteiger partial charge in [-0.2, -0.15) is 5.10 Å². The zero-order valence-corrected chi connectivity index (χ0v) is 13.1. The van der Waals surface area contributed by atoms with Gasteiger partial charge in [-0.15, -0.1) is 11.3 Å². The van der Waals surface area contributed by atoms with E-state index in [2.05, 4.69) is 15.1 Å². The van der Waals surface area contributed by atoms with Crippen molar-refractivity contribution in [3.8, 4) is 0 Å². The summed E-state index contributed by atoms with van der Waals surface area (Å²) in [6, 6.07) is -0.218. The summed E-state index contributed by atoms with van der Waals surface area (Å²) in [6.07, 6.45) is 6.24. The monoisotopic (exact) mass is 305 g/mol. The van der Waals surface area contributed by atoms with Gasteiger partial charge in [0.25, 0.3) is 0 Å². The lowest BCUT2D eigenvalue weighted by molar-refractivity contribution is -0.138. The molecule has 1 fully saturated rings. The third kappa shape index (κ3) is 2.83. The Bertz CT molecular complexity index is 609. The summed E-state index contributed by atoms with van der Waals surface area (Å²) in [5, 5.41) is 7.18. The van der Waals surface area contributed by atoms with Gasteiger partial charge in [0.1, 0.15) is 23.7 Å². The average Bonchev–Trinajstić information content (AvgIpc) is 3.17. The van der Waals surface area contributed by atoms with Gasteiger partial charge < -0.3 is 4.90 Å². The Kier molecular flexibility index (Phi) is 4.01. The van der Waals surface area contributed by atoms with Crippen molar-refractivity contribution in [1.82, 2.24) is 24.6 Å². The van der Waals surface area contributed by atoms with Crippen molar-refractivity contribution in [3.05, 3.63) is 28.7 Å². The third-order valence-corrected chi connectivity index (χ3v) is 4.96. The molecule has 2 aromatic rings. The molecule has 0 unspecified atom stereocenters. The lowest BCUT2D eigenvalue weighted by atomic mass is 10.0. The van der Waals surface area contributed by atoms with Crippen molar-refractivity contribution in [3.63, 3.8) is 0 Å². The smallest absolute Gasteiger partial charge is 0.247 e. The zero-order valence-electron chi connectivity index (χ0n) is 12.3. The molecule has 6 nitrogen and oxygen atoms in total. The number of carbonyl (C=O) groups excluding carboxylic acids is 1. The minimum atomic E-state index is -0.325. The van der Waals surface area contributed by atoms with Gasteiger partial charge in [0, 0.05) is 17.6 Å². The van der Waals surface area contributed by atoms with E-state index in [4.69, 9.17) is 0 Å². The molecule has 2 aromatic heterocycles. The van der Waals surface area contributed by atoms with Crippen LogP contribution in [0.4, 0.5) is 0 Å². The van der Waals surface area contributed by atoms with Crippen molar-refractivity contribution in [1.29, 1.82) is 0 Å². The molecule has 1 aliphatic heterocycles. The molecule has 0 saturated carbocycles. The Labute approximate surface area is 127 Å². The van der Waals surface area contributed by atoms with Crippen LogP contribution in [0.25, 0.3) is 0 Å². The molecule has 112 valence electrons. The molecule has 3 heterocycles. The SMILES string of the molecule is Cc1csc([C@@H]2CCCCN2C(=O)[C@@H](C)n2cncn2)n1. The summed E-state index contributed by atoms with van der Waals surface area (Å²) in [5.41, 5.74) is 1.03. The van der Waals surface area contributed by atoms with Gasteiger partial charge in [0.15, 0.2) is 0 Å². The van der Waals surface area contributed by atoms with E-state index in [0.29, 0.717) is 0 Å². The van der Waals surface area contributed by atoms with Crippen molar-refractivity contribution in [2.24, 2.45) is 0 Å². The summed E-state index contributed by atoms with van der Waals surface area (Å²) in [6.45, 7) is 4.66. The summed E-state index contributed by atoms with van der Waals surface area (Å²) in [7, 11) is 0. The number of rotatable bonds is 3. The van der Waals surface area contributed by atoms with Crippen LogP contribution in [0.3, 0.4) is 0 Å². The lowest BCUT2D eigenvalue weighted by Crippen LogP contribution is -2.42. The predicted molar refractivity (Wildman–Crippen MR) is 79.9 cm³/mol.